The van der Waals surface area contributed by atoms with Gasteiger partial charge in [-0.25, -0.2) is 4.79 Å². The molecule has 2 N–H and O–H groups in total. The smallest absolute Gasteiger partial charge is 0.341 e. The van der Waals surface area contributed by atoms with E-state index in [2.05, 4.69) is 24.5 Å². The molecular formula is C14H22N2O2S2. The van der Waals surface area contributed by atoms with E-state index < -0.39 is 0 Å². The Morgan fingerprint density at radius 1 is 1.35 bits per heavy atom. The third-order valence-corrected chi connectivity index (χ3v) is 4.67. The molecule has 6 heteroatoms. The van der Waals surface area contributed by atoms with Crippen molar-refractivity contribution in [2.24, 2.45) is 0 Å². The molecular weight excluding hydrogens is 292 g/mol. The maximum Gasteiger partial charge on any atom is 0.341 e. The Labute approximate surface area is 129 Å². The van der Waals surface area contributed by atoms with Crippen LogP contribution < -0.4 is 10.6 Å². The molecule has 0 bridgehead atoms. The van der Waals surface area contributed by atoms with Crippen LogP contribution in [0.3, 0.4) is 0 Å². The summed E-state index contributed by atoms with van der Waals surface area (Å²) in [5.74, 6) is -0.334. The Morgan fingerprint density at radius 2 is 1.95 bits per heavy atom. The van der Waals surface area contributed by atoms with Gasteiger partial charge in [0.15, 0.2) is 5.11 Å². The minimum Gasteiger partial charge on any atom is -0.465 e. The first-order valence-electron chi connectivity index (χ1n) is 6.70. The largest absolute Gasteiger partial charge is 0.465 e. The number of hydrogen-bond donors (Lipinski definition) is 2. The maximum atomic E-state index is 11.9. The number of ether oxygens (including phenoxy) is 1. The lowest BCUT2D eigenvalue weighted by molar-refractivity contribution is 0.0601. The van der Waals surface area contributed by atoms with Crippen LogP contribution >= 0.6 is 23.6 Å². The molecule has 0 atom stereocenters. The van der Waals surface area contributed by atoms with Gasteiger partial charge in [-0.2, -0.15) is 0 Å². The number of nitrogens with one attached hydrogen (secondary N) is 2. The number of methoxy groups -OCH3 is 1. The molecule has 112 valence electrons. The predicted octanol–water partition coefficient (Wildman–Crippen LogP) is 3.63. The van der Waals surface area contributed by atoms with Crippen LogP contribution in [0.15, 0.2) is 0 Å². The molecule has 0 aliphatic carbocycles. The Bertz CT molecular complexity index is 494. The van der Waals surface area contributed by atoms with Crippen molar-refractivity contribution in [3.05, 3.63) is 16.0 Å². The van der Waals surface area contributed by atoms with E-state index in [4.69, 9.17) is 17.0 Å². The van der Waals surface area contributed by atoms with E-state index in [1.807, 2.05) is 13.8 Å². The molecule has 1 heterocycles. The van der Waals surface area contributed by atoms with Crippen LogP contribution in [0.2, 0.25) is 0 Å². The van der Waals surface area contributed by atoms with Crippen molar-refractivity contribution in [2.45, 2.75) is 46.6 Å². The van der Waals surface area contributed by atoms with E-state index in [0.29, 0.717) is 16.7 Å². The zero-order chi connectivity index (χ0) is 15.3. The predicted molar refractivity (Wildman–Crippen MR) is 88.9 cm³/mol. The van der Waals surface area contributed by atoms with Crippen LogP contribution in [-0.4, -0.2) is 24.2 Å². The number of aryl methyl sites for hydroxylation is 1. The molecule has 0 aliphatic heterocycles. The summed E-state index contributed by atoms with van der Waals surface area (Å²) in [7, 11) is 1.39. The molecule has 0 amide bonds. The van der Waals surface area contributed by atoms with Crippen LogP contribution in [0.5, 0.6) is 0 Å². The topological polar surface area (TPSA) is 50.4 Å². The monoisotopic (exact) mass is 314 g/mol. The molecule has 0 saturated heterocycles. The summed E-state index contributed by atoms with van der Waals surface area (Å²) >= 11 is 6.83. The van der Waals surface area contributed by atoms with Crippen molar-refractivity contribution in [1.82, 2.24) is 5.32 Å². The first kappa shape index (κ1) is 16.9. The summed E-state index contributed by atoms with van der Waals surface area (Å²) in [6.45, 7) is 8.13. The van der Waals surface area contributed by atoms with Crippen molar-refractivity contribution in [3.63, 3.8) is 0 Å². The number of carbonyl (C=O) groups is 1. The Hall–Kier alpha value is -1.14. The zero-order valence-electron chi connectivity index (χ0n) is 12.6. The highest BCUT2D eigenvalue weighted by Gasteiger charge is 2.21. The number of thiophene rings is 1. The number of esters is 1. The summed E-state index contributed by atoms with van der Waals surface area (Å²) in [5.41, 5.74) is 1.51. The normalized spacial score (nSPS) is 10.5. The quantitative estimate of drug-likeness (QED) is 0.642. The lowest BCUT2D eigenvalue weighted by Crippen LogP contribution is -2.37. The Morgan fingerprint density at radius 3 is 2.45 bits per heavy atom. The van der Waals surface area contributed by atoms with Crippen molar-refractivity contribution < 1.29 is 9.53 Å². The summed E-state index contributed by atoms with van der Waals surface area (Å²) in [6.07, 6.45) is 2.01. The van der Waals surface area contributed by atoms with Crippen LogP contribution in [0, 0.1) is 13.8 Å². The van der Waals surface area contributed by atoms with Crippen LogP contribution in [0.1, 0.15) is 47.5 Å². The molecule has 0 fully saturated rings. The lowest BCUT2D eigenvalue weighted by atomic mass is 10.1. The van der Waals surface area contributed by atoms with E-state index in [1.54, 1.807) is 0 Å². The van der Waals surface area contributed by atoms with Gasteiger partial charge in [0.2, 0.25) is 0 Å². The third kappa shape index (κ3) is 3.93. The fourth-order valence-electron chi connectivity index (χ4n) is 1.88. The number of hydrogen-bond acceptors (Lipinski definition) is 4. The number of thiocarbonyl (C=S) groups is 1. The second-order valence-electron chi connectivity index (χ2n) is 4.59. The molecule has 0 spiro atoms. The molecule has 0 aliphatic rings. The summed E-state index contributed by atoms with van der Waals surface area (Å²) in [6, 6.07) is 0.346. The number of rotatable bonds is 5. The van der Waals surface area contributed by atoms with Gasteiger partial charge < -0.3 is 15.4 Å². The van der Waals surface area contributed by atoms with Gasteiger partial charge in [0.05, 0.1) is 12.7 Å². The summed E-state index contributed by atoms with van der Waals surface area (Å²) in [5, 5.41) is 7.67. The third-order valence-electron chi connectivity index (χ3n) is 3.32. The lowest BCUT2D eigenvalue weighted by Gasteiger charge is -2.17. The van der Waals surface area contributed by atoms with Gasteiger partial charge >= 0.3 is 5.97 Å². The molecule has 0 aromatic carbocycles. The highest BCUT2D eigenvalue weighted by Crippen LogP contribution is 2.32. The second-order valence-corrected chi connectivity index (χ2v) is 6.22. The van der Waals surface area contributed by atoms with E-state index in [1.165, 1.54) is 18.4 Å². The van der Waals surface area contributed by atoms with Gasteiger partial charge in [-0.1, -0.05) is 13.8 Å². The molecule has 20 heavy (non-hydrogen) atoms. The minimum absolute atomic E-state index is 0.334. The van der Waals surface area contributed by atoms with Crippen LogP contribution in [0.25, 0.3) is 0 Å². The van der Waals surface area contributed by atoms with Gasteiger partial charge in [-0.3, -0.25) is 0 Å². The van der Waals surface area contributed by atoms with Crippen molar-refractivity contribution in [2.75, 3.05) is 12.4 Å². The second kappa shape index (κ2) is 7.59. The van der Waals surface area contributed by atoms with E-state index in [-0.39, 0.29) is 5.97 Å². The molecule has 0 saturated carbocycles. The SMILES string of the molecule is CCC(CC)NC(=S)Nc1sc(C)c(C)c1C(=O)OC. The Kier molecular flexibility index (Phi) is 6.42. The first-order valence-corrected chi connectivity index (χ1v) is 7.92. The van der Waals surface area contributed by atoms with Crippen molar-refractivity contribution >= 4 is 39.6 Å². The van der Waals surface area contributed by atoms with Gasteiger partial charge in [0.1, 0.15) is 5.00 Å². The van der Waals surface area contributed by atoms with Gasteiger partial charge in [-0.05, 0) is 44.5 Å². The van der Waals surface area contributed by atoms with Gasteiger partial charge in [0.25, 0.3) is 0 Å². The van der Waals surface area contributed by atoms with Gasteiger partial charge in [-0.15, -0.1) is 11.3 Å². The summed E-state index contributed by atoms with van der Waals surface area (Å²) < 4.78 is 4.84. The highest BCUT2D eigenvalue weighted by molar-refractivity contribution is 7.80. The van der Waals surface area contributed by atoms with Crippen LogP contribution in [-0.2, 0) is 4.74 Å². The first-order chi connectivity index (χ1) is 9.44. The van der Waals surface area contributed by atoms with Crippen LogP contribution in [0.4, 0.5) is 5.00 Å². The number of anilines is 1. The summed E-state index contributed by atoms with van der Waals surface area (Å²) in [4.78, 5) is 12.9. The maximum absolute atomic E-state index is 11.9. The van der Waals surface area contributed by atoms with E-state index in [9.17, 15) is 4.79 Å². The van der Waals surface area contributed by atoms with Crippen molar-refractivity contribution in [3.8, 4) is 0 Å². The molecule has 0 radical (unpaired) electrons. The Balaban J connectivity index is 2.90. The van der Waals surface area contributed by atoms with Gasteiger partial charge in [0, 0.05) is 10.9 Å². The van der Waals surface area contributed by atoms with Crippen molar-refractivity contribution in [1.29, 1.82) is 0 Å². The highest BCUT2D eigenvalue weighted by atomic mass is 32.1. The fraction of sp³-hybridized carbons (Fsp3) is 0.571. The molecule has 0 unspecified atom stereocenters. The average Bonchev–Trinajstić information content (AvgIpc) is 2.70. The molecule has 1 aromatic heterocycles. The minimum atomic E-state index is -0.334. The average molecular weight is 314 g/mol. The van der Waals surface area contributed by atoms with E-state index in [0.717, 1.165) is 28.3 Å². The molecule has 1 aromatic rings. The zero-order valence-corrected chi connectivity index (χ0v) is 14.3. The number of carbonyl (C=O) groups excluding carboxylic acids is 1. The fourth-order valence-corrected chi connectivity index (χ4v) is 3.27. The molecule has 1 rings (SSSR count). The van der Waals surface area contributed by atoms with E-state index >= 15 is 0 Å². The molecule has 4 nitrogen and oxygen atoms in total. The standard InChI is InChI=1S/C14H22N2O2S2/c1-6-10(7-2)15-14(19)16-12-11(13(17)18-5)8(3)9(4)20-12/h10H,6-7H2,1-5H3,(H2,15,16,19).